The number of rotatable bonds is 1. The molecule has 1 aliphatic heterocycles. The molecule has 1 radical (unpaired) electrons. The molecule has 6 aliphatic rings. The average Bonchev–Trinajstić information content (AvgIpc) is 2.89. The molecule has 1 saturated heterocycles. The third-order valence-electron chi connectivity index (χ3n) is 9.97. The Morgan fingerprint density at radius 1 is 0.960 bits per heavy atom. The fraction of sp³-hybridized carbons (Fsp3) is 0.609. The zero-order valence-electron chi connectivity index (χ0n) is 16.3. The van der Waals surface area contributed by atoms with Gasteiger partial charge < -0.3 is 0 Å². The van der Waals surface area contributed by atoms with E-state index in [0.717, 1.165) is 18.3 Å². The summed E-state index contributed by atoms with van der Waals surface area (Å²) in [5.41, 5.74) is 5.57. The van der Waals surface area contributed by atoms with Crippen LogP contribution >= 0.6 is 0 Å². The van der Waals surface area contributed by atoms with Crippen LogP contribution in [0.4, 0.5) is 0 Å². The zero-order chi connectivity index (χ0) is 17.2. The Bertz CT molecular complexity index is 787. The average molecular weight is 364 g/mol. The molecule has 7 rings (SSSR count). The van der Waals surface area contributed by atoms with Crippen LogP contribution in [0.1, 0.15) is 48.8 Å². The van der Waals surface area contributed by atoms with Gasteiger partial charge in [0.05, 0.1) is 0 Å². The minimum Gasteiger partial charge on any atom is -0.0795 e. The topological polar surface area (TPSA) is 0 Å². The van der Waals surface area contributed by atoms with E-state index in [1.54, 1.807) is 16.7 Å². The van der Waals surface area contributed by atoms with E-state index in [9.17, 15) is 0 Å². The molecule has 0 amide bonds. The Morgan fingerprint density at radius 2 is 1.64 bits per heavy atom. The van der Waals surface area contributed by atoms with Gasteiger partial charge in [-0.3, -0.25) is 0 Å². The van der Waals surface area contributed by atoms with Crippen molar-refractivity contribution in [3.05, 3.63) is 46.9 Å². The van der Waals surface area contributed by atoms with Crippen molar-refractivity contribution in [2.24, 2.45) is 11.8 Å². The van der Waals surface area contributed by atoms with Crippen LogP contribution in [0, 0.1) is 17.8 Å². The van der Waals surface area contributed by atoms with Crippen LogP contribution in [0.5, 0.6) is 0 Å². The van der Waals surface area contributed by atoms with E-state index in [1.165, 1.54) is 32.1 Å². The molecule has 2 atom stereocenters. The first-order chi connectivity index (χ1) is 11.9. The zero-order valence-corrected chi connectivity index (χ0v) is 18.3. The molecular weight excluding hydrogens is 332 g/mol. The molecule has 0 nitrogen and oxygen atoms in total. The molecule has 5 fully saturated rings. The van der Waals surface area contributed by atoms with Gasteiger partial charge in [0.2, 0.25) is 0 Å². The van der Waals surface area contributed by atoms with E-state index in [0.29, 0.717) is 10.1 Å². The highest BCUT2D eigenvalue weighted by Crippen LogP contribution is 2.88. The molecule has 1 aromatic carbocycles. The van der Waals surface area contributed by atoms with Crippen LogP contribution < -0.4 is 0 Å². The van der Waals surface area contributed by atoms with Crippen LogP contribution in [0.15, 0.2) is 24.3 Å². The minimum atomic E-state index is -1.15. The van der Waals surface area contributed by atoms with Crippen molar-refractivity contribution in [3.8, 4) is 0 Å². The van der Waals surface area contributed by atoms with Gasteiger partial charge in [-0.05, 0) is 83.0 Å². The van der Waals surface area contributed by atoms with Gasteiger partial charge in [-0.2, -0.15) is 0 Å². The van der Waals surface area contributed by atoms with E-state index >= 15 is 0 Å². The van der Waals surface area contributed by atoms with Gasteiger partial charge in [-0.25, -0.2) is 0 Å². The molecule has 2 heteroatoms. The summed E-state index contributed by atoms with van der Waals surface area (Å²) in [4.78, 5) is 0. The predicted octanol–water partition coefficient (Wildman–Crippen LogP) is 6.08. The van der Waals surface area contributed by atoms with E-state index in [-0.39, 0.29) is 0 Å². The smallest absolute Gasteiger partial charge is 0.0466 e. The molecule has 1 aromatic rings. The largest absolute Gasteiger partial charge is 0.0795 e. The number of hydrogen-bond acceptors (Lipinski definition) is 0. The van der Waals surface area contributed by atoms with E-state index in [1.807, 2.05) is 0 Å². The Morgan fingerprint density at radius 3 is 2.28 bits per heavy atom. The van der Waals surface area contributed by atoms with E-state index in [2.05, 4.69) is 62.5 Å². The van der Waals surface area contributed by atoms with Gasteiger partial charge >= 0.3 is 0 Å². The van der Waals surface area contributed by atoms with Crippen molar-refractivity contribution >= 4 is 21.3 Å². The fourth-order valence-electron chi connectivity index (χ4n) is 9.27. The summed E-state index contributed by atoms with van der Waals surface area (Å²) in [6, 6.07) is 7.35. The minimum absolute atomic E-state index is 0.526. The number of hydrogen-bond donors (Lipinski definition) is 0. The molecule has 0 N–H and O–H groups in total. The maximum absolute atomic E-state index is 2.79. The van der Waals surface area contributed by atoms with Crippen molar-refractivity contribution < 1.29 is 0 Å². The van der Waals surface area contributed by atoms with Crippen LogP contribution in [0.2, 0.25) is 30.8 Å². The highest BCUT2D eigenvalue weighted by molar-refractivity contribution is 7.61. The van der Waals surface area contributed by atoms with Crippen LogP contribution in [0.3, 0.4) is 0 Å². The van der Waals surface area contributed by atoms with Crippen LogP contribution in [0.25, 0.3) is 6.08 Å². The summed E-state index contributed by atoms with van der Waals surface area (Å²) in [6.45, 7) is 11.1. The van der Waals surface area contributed by atoms with Crippen molar-refractivity contribution in [2.45, 2.75) is 74.8 Å². The summed E-state index contributed by atoms with van der Waals surface area (Å²) in [7, 11) is -2.31. The van der Waals surface area contributed by atoms with Gasteiger partial charge in [0.1, 0.15) is 0 Å². The fourth-order valence-corrected chi connectivity index (χ4v) is 32.0. The second-order valence-corrected chi connectivity index (χ2v) is 27.0. The lowest BCUT2D eigenvalue weighted by Crippen LogP contribution is -2.56. The summed E-state index contributed by atoms with van der Waals surface area (Å²) < 4.78 is 0.714. The number of benzene rings is 1. The second kappa shape index (κ2) is 4.27. The molecule has 1 heterocycles. The highest BCUT2D eigenvalue weighted by atomic mass is 29.3. The van der Waals surface area contributed by atoms with E-state index < -0.39 is 15.2 Å². The highest BCUT2D eigenvalue weighted by Gasteiger charge is 2.90. The normalized spacial score (nSPS) is 40.6. The first-order valence-corrected chi connectivity index (χ1v) is 17.5. The molecule has 1 spiro atoms. The SMILES string of the molecule is C[Si]1(C)C2([C]3CC4CC(C3)CC2(c2cccc3c2C=CC3)C4)[Si]1(C)C. The Hall–Kier alpha value is -0.606. The molecule has 4 bridgehead atoms. The first-order valence-electron chi connectivity index (χ1n) is 10.5. The molecule has 131 valence electrons. The molecule has 5 aliphatic carbocycles. The van der Waals surface area contributed by atoms with Crippen LogP contribution in [-0.2, 0) is 11.8 Å². The van der Waals surface area contributed by atoms with Crippen molar-refractivity contribution in [1.82, 2.24) is 0 Å². The Kier molecular flexibility index (Phi) is 2.64. The molecule has 4 saturated carbocycles. The molecule has 2 unspecified atom stereocenters. The predicted molar refractivity (Wildman–Crippen MR) is 112 cm³/mol. The first kappa shape index (κ1) is 15.5. The van der Waals surface area contributed by atoms with Crippen molar-refractivity contribution in [1.29, 1.82) is 0 Å². The van der Waals surface area contributed by atoms with Gasteiger partial charge in [0, 0.05) is 15.2 Å². The number of fused-ring (bicyclic) bond motifs is 1. The summed E-state index contributed by atoms with van der Waals surface area (Å²) in [5.74, 6) is 4.10. The summed E-state index contributed by atoms with van der Waals surface area (Å²) >= 11 is 0. The lowest BCUT2D eigenvalue weighted by Gasteiger charge is -2.65. The maximum atomic E-state index is 2.79. The molecule has 0 aromatic heterocycles. The maximum Gasteiger partial charge on any atom is 0.0466 e. The number of allylic oxidation sites excluding steroid dienone is 1. The second-order valence-electron chi connectivity index (χ2n) is 11.0. The summed E-state index contributed by atoms with van der Waals surface area (Å²) in [5, 5.41) is 0. The third-order valence-corrected chi connectivity index (χ3v) is 32.6. The van der Waals surface area contributed by atoms with Gasteiger partial charge in [-0.15, -0.1) is 0 Å². The lowest BCUT2D eigenvalue weighted by molar-refractivity contribution is 0.0506. The molecular formula is C23H31Si2. The van der Waals surface area contributed by atoms with Crippen molar-refractivity contribution in [2.75, 3.05) is 0 Å². The van der Waals surface area contributed by atoms with Gasteiger partial charge in [0.25, 0.3) is 0 Å². The van der Waals surface area contributed by atoms with Gasteiger partial charge in [0.15, 0.2) is 0 Å². The quantitative estimate of drug-likeness (QED) is 0.530. The van der Waals surface area contributed by atoms with Crippen LogP contribution in [-0.4, -0.2) is 15.2 Å². The lowest BCUT2D eigenvalue weighted by atomic mass is 9.46. The standard InChI is InChI=1S/C23H31Si2/c1-24(2)23(25(24,3)4)19-12-16-11-17(13-19)15-22(23,14-16)21-10-6-8-18-7-5-9-20(18)21/h5-6,8-10,16-17H,7,11-15H2,1-4H3. The third kappa shape index (κ3) is 1.40. The van der Waals surface area contributed by atoms with Gasteiger partial charge in [-0.1, -0.05) is 56.5 Å². The van der Waals surface area contributed by atoms with Crippen molar-refractivity contribution in [3.63, 3.8) is 0 Å². The molecule has 25 heavy (non-hydrogen) atoms. The monoisotopic (exact) mass is 363 g/mol. The Balaban J connectivity index is 1.65. The summed E-state index contributed by atoms with van der Waals surface area (Å²) in [6.07, 6.45) is 13.6. The van der Waals surface area contributed by atoms with E-state index in [4.69, 9.17) is 0 Å². The Labute approximate surface area is 154 Å².